The molecule has 0 spiro atoms. The van der Waals surface area contributed by atoms with E-state index in [0.717, 1.165) is 18.8 Å². The van der Waals surface area contributed by atoms with E-state index in [1.807, 2.05) is 12.1 Å². The van der Waals surface area contributed by atoms with E-state index >= 15 is 0 Å². The van der Waals surface area contributed by atoms with Crippen molar-refractivity contribution < 1.29 is 8.42 Å². The van der Waals surface area contributed by atoms with Crippen molar-refractivity contribution in [3.63, 3.8) is 0 Å². The number of benzene rings is 1. The summed E-state index contributed by atoms with van der Waals surface area (Å²) >= 11 is 0. The van der Waals surface area contributed by atoms with Crippen LogP contribution in [-0.2, 0) is 10.0 Å². The van der Waals surface area contributed by atoms with Crippen molar-refractivity contribution in [2.24, 2.45) is 0 Å². The van der Waals surface area contributed by atoms with Gasteiger partial charge in [0.15, 0.2) is 0 Å². The zero-order chi connectivity index (χ0) is 15.7. The van der Waals surface area contributed by atoms with Crippen molar-refractivity contribution in [2.45, 2.75) is 27.2 Å². The van der Waals surface area contributed by atoms with Crippen molar-refractivity contribution in [1.82, 2.24) is 4.72 Å². The Balaban J connectivity index is 2.47. The van der Waals surface area contributed by atoms with Crippen LogP contribution in [0, 0.1) is 0 Å². The zero-order valence-electron chi connectivity index (χ0n) is 13.2. The van der Waals surface area contributed by atoms with Crippen LogP contribution in [0.3, 0.4) is 0 Å². The topological polar surface area (TPSA) is 61.4 Å². The van der Waals surface area contributed by atoms with Gasteiger partial charge in [-0.1, -0.05) is 13.0 Å². The summed E-state index contributed by atoms with van der Waals surface area (Å²) in [4.78, 5) is 2.28. The highest BCUT2D eigenvalue weighted by atomic mass is 32.2. The van der Waals surface area contributed by atoms with Crippen LogP contribution in [0.4, 0.5) is 11.4 Å². The zero-order valence-corrected chi connectivity index (χ0v) is 14.0. The maximum absolute atomic E-state index is 11.5. The number of rotatable bonds is 10. The fourth-order valence-corrected chi connectivity index (χ4v) is 3.30. The number of sulfonamides is 1. The van der Waals surface area contributed by atoms with Gasteiger partial charge in [-0.3, -0.25) is 0 Å². The maximum Gasteiger partial charge on any atom is 0.211 e. The van der Waals surface area contributed by atoms with Gasteiger partial charge < -0.3 is 10.2 Å². The molecule has 21 heavy (non-hydrogen) atoms. The van der Waals surface area contributed by atoms with Gasteiger partial charge in [-0.2, -0.15) is 0 Å². The molecule has 0 saturated carbocycles. The summed E-state index contributed by atoms with van der Waals surface area (Å²) in [7, 11) is -3.11. The van der Waals surface area contributed by atoms with E-state index in [0.29, 0.717) is 19.5 Å². The molecule has 0 aromatic heterocycles. The van der Waals surface area contributed by atoms with E-state index in [4.69, 9.17) is 0 Å². The minimum absolute atomic E-state index is 0.156. The Labute approximate surface area is 128 Å². The number of nitrogens with one attached hydrogen (secondary N) is 2. The second-order valence-electron chi connectivity index (χ2n) is 4.82. The van der Waals surface area contributed by atoms with Crippen molar-refractivity contribution in [2.75, 3.05) is 42.1 Å². The summed E-state index contributed by atoms with van der Waals surface area (Å²) in [5, 5.41) is 3.28. The van der Waals surface area contributed by atoms with E-state index in [1.54, 1.807) is 6.92 Å². The summed E-state index contributed by atoms with van der Waals surface area (Å²) < 4.78 is 25.5. The molecule has 0 bridgehead atoms. The van der Waals surface area contributed by atoms with Crippen LogP contribution in [0.5, 0.6) is 0 Å². The molecule has 0 aliphatic heterocycles. The quantitative estimate of drug-likeness (QED) is 0.651. The standard InChI is InChI=1S/C15H27N3O2S/c1-4-17-21(19,20)12-8-11-16-14-9-7-10-15(13-14)18(5-2)6-3/h7,9-10,13,16-17H,4-6,8,11-12H2,1-3H3. The van der Waals surface area contributed by atoms with Gasteiger partial charge in [0, 0.05) is 37.6 Å². The van der Waals surface area contributed by atoms with E-state index < -0.39 is 10.0 Å². The fourth-order valence-electron chi connectivity index (χ4n) is 2.19. The molecule has 2 N–H and O–H groups in total. The third kappa shape index (κ3) is 6.35. The number of hydrogen-bond acceptors (Lipinski definition) is 4. The van der Waals surface area contributed by atoms with Gasteiger partial charge in [-0.05, 0) is 38.5 Å². The number of hydrogen-bond donors (Lipinski definition) is 2. The van der Waals surface area contributed by atoms with Crippen LogP contribution in [0.1, 0.15) is 27.2 Å². The van der Waals surface area contributed by atoms with Crippen LogP contribution >= 0.6 is 0 Å². The van der Waals surface area contributed by atoms with Gasteiger partial charge >= 0.3 is 0 Å². The molecule has 0 aliphatic rings. The average Bonchev–Trinajstić information content (AvgIpc) is 2.45. The summed E-state index contributed by atoms with van der Waals surface area (Å²) in [6, 6.07) is 8.22. The lowest BCUT2D eigenvalue weighted by Crippen LogP contribution is -2.27. The van der Waals surface area contributed by atoms with Crippen molar-refractivity contribution in [3.8, 4) is 0 Å². The molecule has 1 aromatic carbocycles. The summed E-state index contributed by atoms with van der Waals surface area (Å²) in [6.07, 6.45) is 0.588. The average molecular weight is 313 g/mol. The van der Waals surface area contributed by atoms with E-state index in [-0.39, 0.29) is 5.75 Å². The Hall–Kier alpha value is -1.27. The number of anilines is 2. The van der Waals surface area contributed by atoms with Crippen molar-refractivity contribution in [3.05, 3.63) is 24.3 Å². The highest BCUT2D eigenvalue weighted by Gasteiger charge is 2.07. The van der Waals surface area contributed by atoms with Crippen LogP contribution in [0.2, 0.25) is 0 Å². The molecular formula is C15H27N3O2S. The molecule has 6 heteroatoms. The Morgan fingerprint density at radius 2 is 1.86 bits per heavy atom. The molecule has 0 unspecified atom stereocenters. The molecule has 0 aliphatic carbocycles. The van der Waals surface area contributed by atoms with E-state index in [9.17, 15) is 8.42 Å². The van der Waals surface area contributed by atoms with Gasteiger partial charge in [-0.15, -0.1) is 0 Å². The summed E-state index contributed by atoms with van der Waals surface area (Å²) in [5.41, 5.74) is 2.21. The normalized spacial score (nSPS) is 11.4. The Morgan fingerprint density at radius 3 is 2.48 bits per heavy atom. The molecule has 1 rings (SSSR count). The fraction of sp³-hybridized carbons (Fsp3) is 0.600. The molecule has 0 heterocycles. The molecule has 5 nitrogen and oxygen atoms in total. The Bertz CT molecular complexity index is 513. The maximum atomic E-state index is 11.5. The minimum Gasteiger partial charge on any atom is -0.385 e. The first kappa shape index (κ1) is 17.8. The lowest BCUT2D eigenvalue weighted by Gasteiger charge is -2.21. The lowest BCUT2D eigenvalue weighted by molar-refractivity contribution is 0.582. The third-order valence-electron chi connectivity index (χ3n) is 3.26. The van der Waals surface area contributed by atoms with E-state index in [1.165, 1.54) is 5.69 Å². The van der Waals surface area contributed by atoms with Crippen LogP contribution in [0.25, 0.3) is 0 Å². The molecule has 0 amide bonds. The van der Waals surface area contributed by atoms with Gasteiger partial charge in [0.2, 0.25) is 10.0 Å². The Kier molecular flexibility index (Phi) is 7.53. The highest BCUT2D eigenvalue weighted by Crippen LogP contribution is 2.19. The first-order valence-electron chi connectivity index (χ1n) is 7.58. The molecule has 0 saturated heterocycles. The highest BCUT2D eigenvalue weighted by molar-refractivity contribution is 7.89. The number of nitrogens with zero attached hydrogens (tertiary/aromatic N) is 1. The SMILES string of the molecule is CCNS(=O)(=O)CCCNc1cccc(N(CC)CC)c1. The lowest BCUT2D eigenvalue weighted by atomic mass is 10.2. The first-order valence-corrected chi connectivity index (χ1v) is 9.23. The van der Waals surface area contributed by atoms with E-state index in [2.05, 4.69) is 40.9 Å². The van der Waals surface area contributed by atoms with Gasteiger partial charge in [0.05, 0.1) is 5.75 Å². The molecule has 1 aromatic rings. The second-order valence-corrected chi connectivity index (χ2v) is 6.75. The van der Waals surface area contributed by atoms with Crippen molar-refractivity contribution in [1.29, 1.82) is 0 Å². The first-order chi connectivity index (χ1) is 10.0. The molecular weight excluding hydrogens is 286 g/mol. The van der Waals surface area contributed by atoms with Gasteiger partial charge in [0.1, 0.15) is 0 Å². The monoisotopic (exact) mass is 313 g/mol. The smallest absolute Gasteiger partial charge is 0.211 e. The molecule has 0 radical (unpaired) electrons. The van der Waals surface area contributed by atoms with Gasteiger partial charge in [-0.25, -0.2) is 13.1 Å². The predicted molar refractivity (Wildman–Crippen MR) is 90.6 cm³/mol. The molecule has 0 atom stereocenters. The van der Waals surface area contributed by atoms with Gasteiger partial charge in [0.25, 0.3) is 0 Å². The second kappa shape index (κ2) is 8.89. The Morgan fingerprint density at radius 1 is 1.14 bits per heavy atom. The molecule has 0 fully saturated rings. The van der Waals surface area contributed by atoms with Crippen molar-refractivity contribution >= 4 is 21.4 Å². The largest absolute Gasteiger partial charge is 0.385 e. The minimum atomic E-state index is -3.11. The molecule has 120 valence electrons. The summed E-state index contributed by atoms with van der Waals surface area (Å²) in [5.74, 6) is 0.156. The summed E-state index contributed by atoms with van der Waals surface area (Å²) in [6.45, 7) is 9.09. The third-order valence-corrected chi connectivity index (χ3v) is 4.81. The van der Waals surface area contributed by atoms with Crippen LogP contribution in [-0.4, -0.2) is 40.3 Å². The predicted octanol–water partition coefficient (Wildman–Crippen LogP) is 2.27. The van der Waals surface area contributed by atoms with Crippen LogP contribution < -0.4 is 14.9 Å². The van der Waals surface area contributed by atoms with Crippen LogP contribution in [0.15, 0.2) is 24.3 Å².